The lowest BCUT2D eigenvalue weighted by Crippen LogP contribution is -2.25. The molecule has 1 unspecified atom stereocenters. The van der Waals surface area contributed by atoms with Gasteiger partial charge < -0.3 is 10.1 Å². The molecular weight excluding hydrogens is 196 g/mol. The molecule has 0 bridgehead atoms. The molecular formula is C10H10N2O3. The molecule has 1 aliphatic rings. The van der Waals surface area contributed by atoms with Gasteiger partial charge in [-0.3, -0.25) is 4.79 Å². The van der Waals surface area contributed by atoms with E-state index >= 15 is 0 Å². The van der Waals surface area contributed by atoms with E-state index in [1.165, 1.54) is 0 Å². The Morgan fingerprint density at radius 1 is 1.53 bits per heavy atom. The van der Waals surface area contributed by atoms with Crippen molar-refractivity contribution in [1.29, 1.82) is 0 Å². The maximum atomic E-state index is 11.1. The maximum absolute atomic E-state index is 11.1. The first-order chi connectivity index (χ1) is 7.20. The van der Waals surface area contributed by atoms with Gasteiger partial charge in [0.2, 0.25) is 0 Å². The van der Waals surface area contributed by atoms with E-state index in [9.17, 15) is 9.70 Å². The SMILES string of the molecule is CC(N=O)c1ccc2c(c1)NC(=O)CO2. The van der Waals surface area contributed by atoms with Crippen LogP contribution in [0.4, 0.5) is 5.69 Å². The first-order valence-corrected chi connectivity index (χ1v) is 4.60. The van der Waals surface area contributed by atoms with Crippen molar-refractivity contribution in [1.82, 2.24) is 0 Å². The predicted molar refractivity (Wildman–Crippen MR) is 54.8 cm³/mol. The molecule has 0 saturated heterocycles. The van der Waals surface area contributed by atoms with Crippen molar-refractivity contribution in [3.8, 4) is 5.75 Å². The van der Waals surface area contributed by atoms with Crippen LogP contribution < -0.4 is 10.1 Å². The molecule has 0 aliphatic carbocycles. The van der Waals surface area contributed by atoms with E-state index in [2.05, 4.69) is 10.5 Å². The average Bonchev–Trinajstić information content (AvgIpc) is 2.27. The number of hydrogen-bond acceptors (Lipinski definition) is 4. The summed E-state index contributed by atoms with van der Waals surface area (Å²) in [6, 6.07) is 4.78. The largest absolute Gasteiger partial charge is 0.482 e. The minimum atomic E-state index is -0.422. The zero-order valence-electron chi connectivity index (χ0n) is 8.19. The molecule has 1 amide bonds. The molecule has 0 radical (unpaired) electrons. The summed E-state index contributed by atoms with van der Waals surface area (Å²) in [5.41, 5.74) is 1.36. The number of carbonyl (C=O) groups is 1. The number of anilines is 1. The molecule has 5 heteroatoms. The van der Waals surface area contributed by atoms with Crippen molar-refractivity contribution < 1.29 is 9.53 Å². The Kier molecular flexibility index (Phi) is 2.37. The van der Waals surface area contributed by atoms with Gasteiger partial charge in [-0.25, -0.2) is 0 Å². The minimum Gasteiger partial charge on any atom is -0.482 e. The molecule has 0 fully saturated rings. The molecule has 1 atom stereocenters. The Hall–Kier alpha value is -1.91. The van der Waals surface area contributed by atoms with E-state index in [0.717, 1.165) is 5.56 Å². The predicted octanol–water partition coefficient (Wildman–Crippen LogP) is 1.84. The van der Waals surface area contributed by atoms with Crippen molar-refractivity contribution in [3.63, 3.8) is 0 Å². The number of hydrogen-bond donors (Lipinski definition) is 1. The minimum absolute atomic E-state index is 0.0355. The molecule has 0 aromatic heterocycles. The third-order valence-corrected chi connectivity index (χ3v) is 2.28. The molecule has 1 heterocycles. The topological polar surface area (TPSA) is 67.8 Å². The monoisotopic (exact) mass is 206 g/mol. The summed E-state index contributed by atoms with van der Waals surface area (Å²) in [5, 5.41) is 5.59. The highest BCUT2D eigenvalue weighted by Gasteiger charge is 2.17. The third-order valence-electron chi connectivity index (χ3n) is 2.28. The number of amides is 1. The van der Waals surface area contributed by atoms with Crippen LogP contribution >= 0.6 is 0 Å². The van der Waals surface area contributed by atoms with Gasteiger partial charge >= 0.3 is 0 Å². The first kappa shape index (κ1) is 9.64. The number of carbonyl (C=O) groups excluding carboxylic acids is 1. The summed E-state index contributed by atoms with van der Waals surface area (Å²) >= 11 is 0. The van der Waals surface area contributed by atoms with Crippen LogP contribution in [0.2, 0.25) is 0 Å². The van der Waals surface area contributed by atoms with E-state index in [-0.39, 0.29) is 12.5 Å². The van der Waals surface area contributed by atoms with Crippen molar-refractivity contribution in [2.24, 2.45) is 5.18 Å². The Bertz CT molecular complexity index is 417. The molecule has 15 heavy (non-hydrogen) atoms. The zero-order chi connectivity index (χ0) is 10.8. The fourth-order valence-electron chi connectivity index (χ4n) is 1.42. The Morgan fingerprint density at radius 3 is 3.07 bits per heavy atom. The number of nitroso groups, excluding NO2 is 1. The van der Waals surface area contributed by atoms with Gasteiger partial charge in [-0.2, -0.15) is 4.91 Å². The van der Waals surface area contributed by atoms with Crippen LogP contribution in [0.1, 0.15) is 18.5 Å². The summed E-state index contributed by atoms with van der Waals surface area (Å²) in [6.07, 6.45) is 0. The van der Waals surface area contributed by atoms with Gasteiger partial charge in [-0.05, 0) is 24.6 Å². The Labute approximate surface area is 86.4 Å². The van der Waals surface area contributed by atoms with Gasteiger partial charge in [0.1, 0.15) is 11.8 Å². The van der Waals surface area contributed by atoms with Gasteiger partial charge in [0, 0.05) is 0 Å². The number of rotatable bonds is 2. The van der Waals surface area contributed by atoms with Crippen molar-refractivity contribution in [2.75, 3.05) is 11.9 Å². The lowest BCUT2D eigenvalue weighted by atomic mass is 10.1. The number of benzene rings is 1. The lowest BCUT2D eigenvalue weighted by Gasteiger charge is -2.18. The normalized spacial score (nSPS) is 15.9. The first-order valence-electron chi connectivity index (χ1n) is 4.60. The molecule has 1 aromatic rings. The zero-order valence-corrected chi connectivity index (χ0v) is 8.19. The van der Waals surface area contributed by atoms with Gasteiger partial charge in [0.05, 0.1) is 5.69 Å². The smallest absolute Gasteiger partial charge is 0.262 e. The van der Waals surface area contributed by atoms with Gasteiger partial charge in [0.15, 0.2) is 6.61 Å². The number of nitrogens with zero attached hydrogens (tertiary/aromatic N) is 1. The van der Waals surface area contributed by atoms with Crippen LogP contribution in [-0.2, 0) is 4.79 Å². The highest BCUT2D eigenvalue weighted by atomic mass is 16.5. The molecule has 5 nitrogen and oxygen atoms in total. The van der Waals surface area contributed by atoms with Crippen LogP contribution in [-0.4, -0.2) is 12.5 Å². The van der Waals surface area contributed by atoms with Gasteiger partial charge in [0.25, 0.3) is 5.91 Å². The summed E-state index contributed by atoms with van der Waals surface area (Å²) in [4.78, 5) is 21.4. The number of ether oxygens (including phenoxy) is 1. The molecule has 78 valence electrons. The quantitative estimate of drug-likeness (QED) is 0.751. The summed E-state index contributed by atoms with van der Waals surface area (Å²) in [6.45, 7) is 1.73. The fourth-order valence-corrected chi connectivity index (χ4v) is 1.42. The lowest BCUT2D eigenvalue weighted by molar-refractivity contribution is -0.118. The third kappa shape index (κ3) is 1.81. The van der Waals surface area contributed by atoms with Gasteiger partial charge in [-0.15, -0.1) is 0 Å². The van der Waals surface area contributed by atoms with Crippen LogP contribution in [0, 0.1) is 4.91 Å². The second kappa shape index (κ2) is 3.68. The van der Waals surface area contributed by atoms with E-state index in [1.54, 1.807) is 25.1 Å². The summed E-state index contributed by atoms with van der Waals surface area (Å²) < 4.78 is 5.18. The fraction of sp³-hybridized carbons (Fsp3) is 0.300. The molecule has 1 aliphatic heterocycles. The molecule has 0 spiro atoms. The Balaban J connectivity index is 2.36. The summed E-state index contributed by atoms with van der Waals surface area (Å²) in [7, 11) is 0. The van der Waals surface area contributed by atoms with Crippen LogP contribution in [0.5, 0.6) is 5.75 Å². The standard InChI is InChI=1S/C10H10N2O3/c1-6(12-14)7-2-3-9-8(4-7)11-10(13)5-15-9/h2-4,6H,5H2,1H3,(H,11,13). The number of fused-ring (bicyclic) bond motifs is 1. The molecule has 1 N–H and O–H groups in total. The van der Waals surface area contributed by atoms with E-state index in [4.69, 9.17) is 4.74 Å². The summed E-state index contributed by atoms with van der Waals surface area (Å²) in [5.74, 6) is 0.433. The van der Waals surface area contributed by atoms with Gasteiger partial charge in [-0.1, -0.05) is 11.2 Å². The van der Waals surface area contributed by atoms with Crippen LogP contribution in [0.15, 0.2) is 23.4 Å². The van der Waals surface area contributed by atoms with Crippen LogP contribution in [0.3, 0.4) is 0 Å². The molecule has 2 rings (SSSR count). The highest BCUT2D eigenvalue weighted by Crippen LogP contribution is 2.31. The van der Waals surface area contributed by atoms with Crippen molar-refractivity contribution >= 4 is 11.6 Å². The Morgan fingerprint density at radius 2 is 2.33 bits per heavy atom. The van der Waals surface area contributed by atoms with E-state index in [1.807, 2.05) is 0 Å². The highest BCUT2D eigenvalue weighted by molar-refractivity contribution is 5.95. The molecule has 1 aromatic carbocycles. The van der Waals surface area contributed by atoms with Crippen molar-refractivity contribution in [3.05, 3.63) is 28.7 Å². The van der Waals surface area contributed by atoms with Crippen LogP contribution in [0.25, 0.3) is 0 Å². The molecule has 0 saturated carbocycles. The van der Waals surface area contributed by atoms with Crippen molar-refractivity contribution in [2.45, 2.75) is 13.0 Å². The van der Waals surface area contributed by atoms with E-state index in [0.29, 0.717) is 11.4 Å². The second-order valence-electron chi connectivity index (χ2n) is 3.37. The number of nitrogens with one attached hydrogen (secondary N) is 1. The van der Waals surface area contributed by atoms with E-state index < -0.39 is 6.04 Å². The second-order valence-corrected chi connectivity index (χ2v) is 3.37. The average molecular weight is 206 g/mol. The maximum Gasteiger partial charge on any atom is 0.262 e.